The summed E-state index contributed by atoms with van der Waals surface area (Å²) in [6.45, 7) is 2.11. The number of ether oxygens (including phenoxy) is 1. The number of hydrogen-bond donors (Lipinski definition) is 2. The molecule has 1 aliphatic heterocycles. The highest BCUT2D eigenvalue weighted by Crippen LogP contribution is 2.23. The lowest BCUT2D eigenvalue weighted by molar-refractivity contribution is -0.137. The normalized spacial score (nSPS) is 14.6. The Balaban J connectivity index is 1.73. The van der Waals surface area contributed by atoms with Crippen LogP contribution in [0.1, 0.15) is 17.8 Å². The molecule has 0 saturated heterocycles. The predicted molar refractivity (Wildman–Crippen MR) is 79.6 cm³/mol. The van der Waals surface area contributed by atoms with Crippen LogP contribution in [0.15, 0.2) is 18.3 Å². The van der Waals surface area contributed by atoms with Gasteiger partial charge in [0.1, 0.15) is 5.82 Å². The quantitative estimate of drug-likeness (QED) is 0.865. The van der Waals surface area contributed by atoms with Gasteiger partial charge in [0.25, 0.3) is 0 Å². The van der Waals surface area contributed by atoms with Gasteiger partial charge in [-0.2, -0.15) is 0 Å². The summed E-state index contributed by atoms with van der Waals surface area (Å²) in [7, 11) is 1.58. The van der Waals surface area contributed by atoms with Crippen LogP contribution in [0.25, 0.3) is 11.4 Å². The maximum Gasteiger partial charge on any atom is 0.304 e. The van der Waals surface area contributed by atoms with Gasteiger partial charge in [-0.25, -0.2) is 9.97 Å². The number of carboxylic acids is 1. The van der Waals surface area contributed by atoms with Gasteiger partial charge in [0.05, 0.1) is 24.9 Å². The highest BCUT2D eigenvalue weighted by atomic mass is 16.5. The van der Waals surface area contributed by atoms with Crippen molar-refractivity contribution in [1.29, 1.82) is 0 Å². The Kier molecular flexibility index (Phi) is 4.06. The van der Waals surface area contributed by atoms with Crippen molar-refractivity contribution in [3.05, 3.63) is 29.7 Å². The van der Waals surface area contributed by atoms with Gasteiger partial charge in [-0.1, -0.05) is 0 Å². The maximum absolute atomic E-state index is 10.7. The molecule has 3 heterocycles. The van der Waals surface area contributed by atoms with Gasteiger partial charge in [-0.15, -0.1) is 0 Å². The lowest BCUT2D eigenvalue weighted by atomic mass is 10.1. The van der Waals surface area contributed by atoms with Gasteiger partial charge in [-0.05, 0) is 6.07 Å². The Morgan fingerprint density at radius 1 is 1.50 bits per heavy atom. The minimum Gasteiger partial charge on any atom is -0.481 e. The maximum atomic E-state index is 10.7. The molecule has 2 N–H and O–H groups in total. The Hall–Kier alpha value is -2.41. The zero-order valence-corrected chi connectivity index (χ0v) is 12.4. The zero-order chi connectivity index (χ0) is 15.5. The summed E-state index contributed by atoms with van der Waals surface area (Å²) in [4.78, 5) is 24.9. The number of aromatic nitrogens is 3. The highest BCUT2D eigenvalue weighted by Gasteiger charge is 2.21. The average molecular weight is 302 g/mol. The van der Waals surface area contributed by atoms with Crippen LogP contribution in [-0.2, 0) is 17.8 Å². The fourth-order valence-corrected chi connectivity index (χ4v) is 2.57. The smallest absolute Gasteiger partial charge is 0.304 e. The third-order valence-electron chi connectivity index (χ3n) is 3.77. The summed E-state index contributed by atoms with van der Waals surface area (Å²) in [6, 6.07) is 3.72. The summed E-state index contributed by atoms with van der Waals surface area (Å²) < 4.78 is 5.05. The van der Waals surface area contributed by atoms with Crippen LogP contribution in [0.2, 0.25) is 0 Å². The van der Waals surface area contributed by atoms with Crippen molar-refractivity contribution in [2.24, 2.45) is 0 Å². The van der Waals surface area contributed by atoms with Crippen molar-refractivity contribution >= 4 is 5.97 Å². The van der Waals surface area contributed by atoms with Crippen molar-refractivity contribution in [2.75, 3.05) is 20.2 Å². The van der Waals surface area contributed by atoms with Crippen LogP contribution in [0, 0.1) is 0 Å². The van der Waals surface area contributed by atoms with E-state index >= 15 is 0 Å². The molecule has 0 amide bonds. The van der Waals surface area contributed by atoms with Gasteiger partial charge < -0.3 is 14.8 Å². The van der Waals surface area contributed by atoms with E-state index in [4.69, 9.17) is 9.84 Å². The molecule has 0 saturated carbocycles. The van der Waals surface area contributed by atoms with E-state index in [-0.39, 0.29) is 6.42 Å². The van der Waals surface area contributed by atoms with Crippen molar-refractivity contribution in [1.82, 2.24) is 19.9 Å². The van der Waals surface area contributed by atoms with Gasteiger partial charge in [-0.3, -0.25) is 9.69 Å². The van der Waals surface area contributed by atoms with Crippen molar-refractivity contribution in [2.45, 2.75) is 19.4 Å². The van der Waals surface area contributed by atoms with E-state index in [1.807, 2.05) is 6.07 Å². The largest absolute Gasteiger partial charge is 0.481 e. The van der Waals surface area contributed by atoms with Crippen LogP contribution in [0.4, 0.5) is 0 Å². The van der Waals surface area contributed by atoms with Crippen molar-refractivity contribution < 1.29 is 14.6 Å². The molecule has 7 nitrogen and oxygen atoms in total. The minimum atomic E-state index is -0.764. The molecule has 2 aromatic heterocycles. The third-order valence-corrected chi connectivity index (χ3v) is 3.77. The molecule has 1 aliphatic rings. The van der Waals surface area contributed by atoms with Crippen LogP contribution in [-0.4, -0.2) is 51.1 Å². The molecule has 116 valence electrons. The molecule has 7 heteroatoms. The molecule has 22 heavy (non-hydrogen) atoms. The molecule has 0 aromatic carbocycles. The number of aliphatic carboxylic acids is 1. The van der Waals surface area contributed by atoms with E-state index in [0.717, 1.165) is 35.7 Å². The van der Waals surface area contributed by atoms with Gasteiger partial charge in [0.15, 0.2) is 0 Å². The van der Waals surface area contributed by atoms with E-state index in [9.17, 15) is 4.79 Å². The first-order valence-corrected chi connectivity index (χ1v) is 7.18. The monoisotopic (exact) mass is 302 g/mol. The standard InChI is InChI=1S/C15H18N4O3/c1-22-13-3-2-10(8-16-13)15-17-11-4-6-19(7-5-14(20)21)9-12(11)18-15/h2-3,8H,4-7,9H2,1H3,(H,17,18)(H,20,21). The lowest BCUT2D eigenvalue weighted by Crippen LogP contribution is -2.32. The number of H-pyrrole nitrogens is 1. The second-order valence-electron chi connectivity index (χ2n) is 5.27. The number of aromatic amines is 1. The van der Waals surface area contributed by atoms with E-state index in [0.29, 0.717) is 19.0 Å². The number of rotatable bonds is 5. The van der Waals surface area contributed by atoms with Gasteiger partial charge in [0, 0.05) is 43.9 Å². The molecule has 2 aromatic rings. The molecule has 3 rings (SSSR count). The van der Waals surface area contributed by atoms with E-state index in [1.165, 1.54) is 0 Å². The number of hydrogen-bond acceptors (Lipinski definition) is 5. The Morgan fingerprint density at radius 3 is 3.05 bits per heavy atom. The summed E-state index contributed by atoms with van der Waals surface area (Å²) in [5.41, 5.74) is 3.02. The molecule has 0 radical (unpaired) electrons. The first kappa shape index (κ1) is 14.5. The molecule has 0 atom stereocenters. The zero-order valence-electron chi connectivity index (χ0n) is 12.4. The number of carboxylic acid groups (broad SMARTS) is 1. The summed E-state index contributed by atoms with van der Waals surface area (Å²) in [5.74, 6) is 0.598. The summed E-state index contributed by atoms with van der Waals surface area (Å²) in [5, 5.41) is 8.77. The van der Waals surface area contributed by atoms with Crippen molar-refractivity contribution in [3.63, 3.8) is 0 Å². The Morgan fingerprint density at radius 2 is 2.36 bits per heavy atom. The van der Waals surface area contributed by atoms with E-state index in [1.54, 1.807) is 19.4 Å². The van der Waals surface area contributed by atoms with Crippen LogP contribution < -0.4 is 4.74 Å². The van der Waals surface area contributed by atoms with E-state index in [2.05, 4.69) is 19.9 Å². The number of nitrogens with one attached hydrogen (secondary N) is 1. The van der Waals surface area contributed by atoms with Crippen LogP contribution in [0.5, 0.6) is 5.88 Å². The molecular weight excluding hydrogens is 284 g/mol. The molecule has 0 unspecified atom stereocenters. The minimum absolute atomic E-state index is 0.165. The van der Waals surface area contributed by atoms with E-state index < -0.39 is 5.97 Å². The van der Waals surface area contributed by atoms with Crippen LogP contribution in [0.3, 0.4) is 0 Å². The highest BCUT2D eigenvalue weighted by molar-refractivity contribution is 5.66. The SMILES string of the molecule is COc1ccc(-c2nc3c([nH]2)CN(CCC(=O)O)CC3)cn1. The fraction of sp³-hybridized carbons (Fsp3) is 0.400. The van der Waals surface area contributed by atoms with Gasteiger partial charge in [0.2, 0.25) is 5.88 Å². The molecule has 0 aliphatic carbocycles. The van der Waals surface area contributed by atoms with Gasteiger partial charge >= 0.3 is 5.97 Å². The van der Waals surface area contributed by atoms with Crippen LogP contribution >= 0.6 is 0 Å². The first-order valence-electron chi connectivity index (χ1n) is 7.18. The summed E-state index contributed by atoms with van der Waals surface area (Å²) in [6.07, 6.45) is 2.72. The summed E-state index contributed by atoms with van der Waals surface area (Å²) >= 11 is 0. The molecule has 0 spiro atoms. The molecule has 0 fully saturated rings. The number of nitrogens with zero attached hydrogens (tertiary/aromatic N) is 3. The third kappa shape index (κ3) is 3.09. The Labute approximate surface area is 128 Å². The van der Waals surface area contributed by atoms with Crippen molar-refractivity contribution in [3.8, 4) is 17.3 Å². The predicted octanol–water partition coefficient (Wildman–Crippen LogP) is 1.31. The number of imidazole rings is 1. The second kappa shape index (κ2) is 6.15. The number of fused-ring (bicyclic) bond motifs is 1. The first-order chi connectivity index (χ1) is 10.7. The average Bonchev–Trinajstić information content (AvgIpc) is 2.96. The number of carbonyl (C=O) groups is 1. The number of pyridine rings is 1. The lowest BCUT2D eigenvalue weighted by Gasteiger charge is -2.25. The molecule has 0 bridgehead atoms. The Bertz CT molecular complexity index is 666. The topological polar surface area (TPSA) is 91.3 Å². The fourth-order valence-electron chi connectivity index (χ4n) is 2.57. The second-order valence-corrected chi connectivity index (χ2v) is 5.27. The number of methoxy groups -OCH3 is 1. The molecular formula is C15H18N4O3.